The number of alkyl halides is 3. The fraction of sp³-hybridized carbons (Fsp3) is 0.714. The van der Waals surface area contributed by atoms with E-state index < -0.39 is 18.6 Å². The van der Waals surface area contributed by atoms with E-state index >= 15 is 0 Å². The molecule has 3 nitrogen and oxygen atoms in total. The zero-order valence-corrected chi connectivity index (χ0v) is 13.4. The van der Waals surface area contributed by atoms with Gasteiger partial charge >= 0.3 is 6.18 Å². The topological polar surface area (TPSA) is 33.2 Å². The molecule has 0 aliphatic carbocycles. The molecule has 1 heterocycles. The van der Waals surface area contributed by atoms with Gasteiger partial charge in [0.2, 0.25) is 0 Å². The highest BCUT2D eigenvalue weighted by Crippen LogP contribution is 2.24. The molecule has 120 valence electrons. The number of unbranched alkanes of at least 4 members (excludes halogenated alkanes) is 1. The average molecular weight is 322 g/mol. The first-order valence-corrected chi connectivity index (χ1v) is 7.92. The molecule has 0 aromatic carbocycles. The first-order chi connectivity index (χ1) is 9.78. The molecule has 0 radical (unpaired) electrons. The standard InChI is InChI=1S/C14H21F3N2OS/c1-4-6-8-19(9-14(15,16)17)13(20)12-10(3)18-11(21-12)7-5-2/h4-9H2,1-3H3. The van der Waals surface area contributed by atoms with Crippen molar-refractivity contribution in [3.63, 3.8) is 0 Å². The Bertz CT molecular complexity index is 471. The first kappa shape index (κ1) is 17.9. The van der Waals surface area contributed by atoms with Crippen LogP contribution in [0.2, 0.25) is 0 Å². The van der Waals surface area contributed by atoms with Crippen molar-refractivity contribution >= 4 is 17.2 Å². The van der Waals surface area contributed by atoms with Gasteiger partial charge in [0.05, 0.1) is 10.7 Å². The van der Waals surface area contributed by atoms with Crippen molar-refractivity contribution in [1.82, 2.24) is 9.88 Å². The minimum atomic E-state index is -4.38. The molecule has 0 saturated carbocycles. The molecule has 0 spiro atoms. The van der Waals surface area contributed by atoms with E-state index in [2.05, 4.69) is 4.98 Å². The van der Waals surface area contributed by atoms with Gasteiger partial charge in [0, 0.05) is 6.54 Å². The quantitative estimate of drug-likeness (QED) is 0.753. The normalized spacial score (nSPS) is 11.7. The number of aryl methyl sites for hydroxylation is 2. The van der Waals surface area contributed by atoms with E-state index in [1.54, 1.807) is 6.92 Å². The average Bonchev–Trinajstić information content (AvgIpc) is 2.74. The molecule has 0 unspecified atom stereocenters. The number of carbonyl (C=O) groups is 1. The number of hydrogen-bond acceptors (Lipinski definition) is 3. The highest BCUT2D eigenvalue weighted by Gasteiger charge is 2.34. The Kier molecular flexibility index (Phi) is 6.64. The maximum Gasteiger partial charge on any atom is 0.406 e. The molecule has 1 aromatic rings. The summed E-state index contributed by atoms with van der Waals surface area (Å²) < 4.78 is 37.9. The number of nitrogens with zero attached hydrogens (tertiary/aromatic N) is 2. The SMILES string of the molecule is CCCCN(CC(F)(F)F)C(=O)c1sc(CCC)nc1C. The summed E-state index contributed by atoms with van der Waals surface area (Å²) in [5.41, 5.74) is 0.525. The number of hydrogen-bond donors (Lipinski definition) is 0. The summed E-state index contributed by atoms with van der Waals surface area (Å²) in [6, 6.07) is 0. The fourth-order valence-corrected chi connectivity index (χ4v) is 3.07. The zero-order chi connectivity index (χ0) is 16.0. The van der Waals surface area contributed by atoms with Crippen LogP contribution in [-0.2, 0) is 6.42 Å². The van der Waals surface area contributed by atoms with Crippen LogP contribution in [0.25, 0.3) is 0 Å². The molecule has 1 amide bonds. The molecular formula is C14H21F3N2OS. The van der Waals surface area contributed by atoms with Crippen LogP contribution in [0.1, 0.15) is 53.5 Å². The maximum absolute atomic E-state index is 12.6. The Balaban J connectivity index is 2.93. The number of thiazole rings is 1. The fourth-order valence-electron chi connectivity index (χ4n) is 1.93. The van der Waals surface area contributed by atoms with Crippen LogP contribution >= 0.6 is 11.3 Å². The van der Waals surface area contributed by atoms with Gasteiger partial charge in [-0.1, -0.05) is 20.3 Å². The van der Waals surface area contributed by atoms with Gasteiger partial charge in [0.15, 0.2) is 0 Å². The van der Waals surface area contributed by atoms with Gasteiger partial charge in [-0.05, 0) is 26.2 Å². The molecule has 0 saturated heterocycles. The smallest absolute Gasteiger partial charge is 0.329 e. The van der Waals surface area contributed by atoms with Gasteiger partial charge in [-0.15, -0.1) is 11.3 Å². The Morgan fingerprint density at radius 2 is 1.95 bits per heavy atom. The molecule has 21 heavy (non-hydrogen) atoms. The van der Waals surface area contributed by atoms with Crippen LogP contribution in [0.15, 0.2) is 0 Å². The Labute approximate surface area is 127 Å². The minimum absolute atomic E-state index is 0.120. The number of aromatic nitrogens is 1. The second kappa shape index (κ2) is 7.77. The van der Waals surface area contributed by atoms with Crippen LogP contribution in [-0.4, -0.2) is 35.1 Å². The van der Waals surface area contributed by atoms with E-state index in [1.165, 1.54) is 11.3 Å². The predicted molar refractivity (Wildman–Crippen MR) is 77.7 cm³/mol. The summed E-state index contributed by atoms with van der Waals surface area (Å²) in [6.45, 7) is 4.47. The van der Waals surface area contributed by atoms with Crippen LogP contribution in [0.3, 0.4) is 0 Å². The Morgan fingerprint density at radius 3 is 2.48 bits per heavy atom. The molecular weight excluding hydrogens is 301 g/mol. The number of amides is 1. The zero-order valence-electron chi connectivity index (χ0n) is 12.6. The van der Waals surface area contributed by atoms with E-state index in [9.17, 15) is 18.0 Å². The number of rotatable bonds is 7. The largest absolute Gasteiger partial charge is 0.406 e. The molecule has 7 heteroatoms. The van der Waals surface area contributed by atoms with Crippen LogP contribution in [0.5, 0.6) is 0 Å². The van der Waals surface area contributed by atoms with Crippen molar-refractivity contribution in [1.29, 1.82) is 0 Å². The van der Waals surface area contributed by atoms with E-state index in [1.807, 2.05) is 13.8 Å². The first-order valence-electron chi connectivity index (χ1n) is 7.10. The van der Waals surface area contributed by atoms with E-state index in [-0.39, 0.29) is 6.54 Å². The second-order valence-corrected chi connectivity index (χ2v) is 6.05. The van der Waals surface area contributed by atoms with E-state index in [4.69, 9.17) is 0 Å². The van der Waals surface area contributed by atoms with E-state index in [0.717, 1.165) is 29.2 Å². The number of halogens is 3. The monoisotopic (exact) mass is 322 g/mol. The Morgan fingerprint density at radius 1 is 1.29 bits per heavy atom. The van der Waals surface area contributed by atoms with Crippen molar-refractivity contribution in [2.24, 2.45) is 0 Å². The lowest BCUT2D eigenvalue weighted by Gasteiger charge is -2.23. The van der Waals surface area contributed by atoms with Gasteiger partial charge in [-0.3, -0.25) is 4.79 Å². The third-order valence-electron chi connectivity index (χ3n) is 2.94. The van der Waals surface area contributed by atoms with Gasteiger partial charge in [-0.25, -0.2) is 4.98 Å². The molecule has 0 aliphatic rings. The lowest BCUT2D eigenvalue weighted by atomic mass is 10.2. The van der Waals surface area contributed by atoms with Gasteiger partial charge in [0.1, 0.15) is 11.4 Å². The Hall–Kier alpha value is -1.11. The number of carbonyl (C=O) groups excluding carboxylic acids is 1. The molecule has 0 N–H and O–H groups in total. The third kappa shape index (κ3) is 5.65. The van der Waals surface area contributed by atoms with Gasteiger partial charge < -0.3 is 4.90 Å². The summed E-state index contributed by atoms with van der Waals surface area (Å²) in [6.07, 6.45) is -1.45. The van der Waals surface area contributed by atoms with Crippen molar-refractivity contribution in [2.75, 3.05) is 13.1 Å². The predicted octanol–water partition coefficient (Wildman–Crippen LogP) is 4.21. The van der Waals surface area contributed by atoms with Crippen LogP contribution in [0.4, 0.5) is 13.2 Å². The molecule has 1 aromatic heterocycles. The molecule has 0 bridgehead atoms. The van der Waals surface area contributed by atoms with Gasteiger partial charge in [-0.2, -0.15) is 13.2 Å². The summed E-state index contributed by atoms with van der Waals surface area (Å²) in [4.78, 5) is 17.9. The van der Waals surface area contributed by atoms with Crippen molar-refractivity contribution in [3.8, 4) is 0 Å². The minimum Gasteiger partial charge on any atom is -0.329 e. The van der Waals surface area contributed by atoms with E-state index in [0.29, 0.717) is 17.0 Å². The summed E-state index contributed by atoms with van der Waals surface area (Å²) in [5.74, 6) is -0.557. The molecule has 0 aliphatic heterocycles. The highest BCUT2D eigenvalue weighted by molar-refractivity contribution is 7.13. The lowest BCUT2D eigenvalue weighted by molar-refractivity contribution is -0.140. The van der Waals surface area contributed by atoms with Crippen molar-refractivity contribution in [2.45, 2.75) is 52.6 Å². The summed E-state index contributed by atoms with van der Waals surface area (Å²) in [7, 11) is 0. The highest BCUT2D eigenvalue weighted by atomic mass is 32.1. The third-order valence-corrected chi connectivity index (χ3v) is 4.14. The van der Waals surface area contributed by atoms with Crippen LogP contribution in [0, 0.1) is 6.92 Å². The second-order valence-electron chi connectivity index (χ2n) is 4.97. The maximum atomic E-state index is 12.6. The molecule has 0 fully saturated rings. The summed E-state index contributed by atoms with van der Waals surface area (Å²) in [5, 5.41) is 0.806. The molecule has 0 atom stereocenters. The van der Waals surface area contributed by atoms with Crippen molar-refractivity contribution in [3.05, 3.63) is 15.6 Å². The van der Waals surface area contributed by atoms with Crippen molar-refractivity contribution < 1.29 is 18.0 Å². The van der Waals surface area contributed by atoms with Crippen LogP contribution < -0.4 is 0 Å². The molecule has 1 rings (SSSR count). The van der Waals surface area contributed by atoms with Gasteiger partial charge in [0.25, 0.3) is 5.91 Å². The summed E-state index contributed by atoms with van der Waals surface area (Å²) >= 11 is 1.21. The lowest BCUT2D eigenvalue weighted by Crippen LogP contribution is -2.39.